The zero-order valence-corrected chi connectivity index (χ0v) is 27.0. The lowest BCUT2D eigenvalue weighted by molar-refractivity contribution is -0.114. The lowest BCUT2D eigenvalue weighted by Gasteiger charge is -2.11. The molecule has 1 heterocycles. The van der Waals surface area contributed by atoms with Gasteiger partial charge in [0.15, 0.2) is 5.78 Å². The lowest BCUT2D eigenvalue weighted by Crippen LogP contribution is -2.30. The van der Waals surface area contributed by atoms with Crippen molar-refractivity contribution in [1.29, 1.82) is 0 Å². The van der Waals surface area contributed by atoms with Crippen molar-refractivity contribution in [3.05, 3.63) is 142 Å². The topological polar surface area (TPSA) is 118 Å². The first-order chi connectivity index (χ1) is 22.2. The average Bonchev–Trinajstić information content (AvgIpc) is 3.53. The molecule has 0 bridgehead atoms. The van der Waals surface area contributed by atoms with Gasteiger partial charge in [0.05, 0.1) is 5.75 Å². The van der Waals surface area contributed by atoms with E-state index in [0.29, 0.717) is 34.0 Å². The SMILES string of the molecule is CC(=O)c1ccc(NC(=O)CSc2ccc(NC(=O)C(=Cc3ccc(-c4ccc(Br)cc4)o3)NC(=O)c3ccccc3)cc2)cc1. The third-order valence-corrected chi connectivity index (χ3v) is 8.17. The van der Waals surface area contributed by atoms with Crippen LogP contribution in [0.25, 0.3) is 17.4 Å². The zero-order valence-electron chi connectivity index (χ0n) is 24.6. The number of thioether (sulfide) groups is 1. The van der Waals surface area contributed by atoms with Crippen LogP contribution in [0.15, 0.2) is 135 Å². The summed E-state index contributed by atoms with van der Waals surface area (Å²) in [5.74, 6) is -0.0481. The summed E-state index contributed by atoms with van der Waals surface area (Å²) in [5, 5.41) is 8.34. The molecule has 5 aromatic rings. The Hall–Kier alpha value is -5.19. The number of halogens is 1. The normalized spacial score (nSPS) is 11.0. The summed E-state index contributed by atoms with van der Waals surface area (Å²) in [4.78, 5) is 51.1. The van der Waals surface area contributed by atoms with E-state index in [9.17, 15) is 19.2 Å². The second-order valence-electron chi connectivity index (χ2n) is 10.0. The van der Waals surface area contributed by atoms with Crippen LogP contribution in [-0.4, -0.2) is 29.3 Å². The number of Topliss-reactive ketones (excluding diaryl/α,β-unsaturated/α-hetero) is 1. The van der Waals surface area contributed by atoms with Crippen molar-refractivity contribution in [1.82, 2.24) is 5.32 Å². The van der Waals surface area contributed by atoms with Crippen LogP contribution in [0, 0.1) is 0 Å². The Morgan fingerprint density at radius 1 is 0.739 bits per heavy atom. The highest BCUT2D eigenvalue weighted by Crippen LogP contribution is 2.26. The Balaban J connectivity index is 1.24. The predicted molar refractivity (Wildman–Crippen MR) is 185 cm³/mol. The fraction of sp³-hybridized carbons (Fsp3) is 0.0556. The molecule has 3 N–H and O–H groups in total. The molecule has 0 aliphatic heterocycles. The third kappa shape index (κ3) is 8.93. The van der Waals surface area contributed by atoms with Crippen LogP contribution in [0.3, 0.4) is 0 Å². The molecule has 0 unspecified atom stereocenters. The van der Waals surface area contributed by atoms with Crippen LogP contribution in [-0.2, 0) is 9.59 Å². The molecular weight excluding hydrogens is 666 g/mol. The number of amides is 3. The van der Waals surface area contributed by atoms with Gasteiger partial charge in [-0.1, -0.05) is 46.3 Å². The highest BCUT2D eigenvalue weighted by atomic mass is 79.9. The standard InChI is InChI=1S/C36H28BrN3O5S/c1-23(41)24-9-13-28(14-10-24)38-34(42)22-46-31-18-15-29(16-19-31)39-36(44)32(40-35(43)26-5-3-2-4-6-26)21-30-17-20-33(45-30)25-7-11-27(37)12-8-25/h2-21H,22H2,1H3,(H,38,42)(H,39,44)(H,40,43). The first kappa shape index (κ1) is 32.2. The number of hydrogen-bond acceptors (Lipinski definition) is 6. The van der Waals surface area contributed by atoms with Gasteiger partial charge in [-0.15, -0.1) is 11.8 Å². The Morgan fingerprint density at radius 2 is 1.39 bits per heavy atom. The predicted octanol–water partition coefficient (Wildman–Crippen LogP) is 8.05. The number of ketones is 1. The van der Waals surface area contributed by atoms with Crippen molar-refractivity contribution >= 4 is 68.6 Å². The molecule has 0 fully saturated rings. The van der Waals surface area contributed by atoms with Crippen LogP contribution in [0.1, 0.15) is 33.4 Å². The van der Waals surface area contributed by atoms with Gasteiger partial charge in [0.2, 0.25) is 5.91 Å². The first-order valence-electron chi connectivity index (χ1n) is 14.1. The van der Waals surface area contributed by atoms with Gasteiger partial charge in [0.1, 0.15) is 17.2 Å². The van der Waals surface area contributed by atoms with Crippen LogP contribution in [0.2, 0.25) is 0 Å². The van der Waals surface area contributed by atoms with E-state index in [-0.39, 0.29) is 23.1 Å². The minimum absolute atomic E-state index is 0.00276. The molecule has 10 heteroatoms. The molecule has 1 aromatic heterocycles. The van der Waals surface area contributed by atoms with Crippen molar-refractivity contribution < 1.29 is 23.6 Å². The monoisotopic (exact) mass is 693 g/mol. The van der Waals surface area contributed by atoms with Crippen molar-refractivity contribution in [2.24, 2.45) is 0 Å². The number of benzene rings is 4. The van der Waals surface area contributed by atoms with Gasteiger partial charge in [-0.25, -0.2) is 0 Å². The maximum Gasteiger partial charge on any atom is 0.272 e. The van der Waals surface area contributed by atoms with Crippen LogP contribution >= 0.6 is 27.7 Å². The summed E-state index contributed by atoms with van der Waals surface area (Å²) >= 11 is 4.76. The number of nitrogens with one attached hydrogen (secondary N) is 3. The Morgan fingerprint density at radius 3 is 2.07 bits per heavy atom. The molecule has 230 valence electrons. The molecule has 46 heavy (non-hydrogen) atoms. The number of carbonyl (C=O) groups is 4. The third-order valence-electron chi connectivity index (χ3n) is 6.63. The van der Waals surface area contributed by atoms with Crippen LogP contribution in [0.5, 0.6) is 0 Å². The molecule has 0 saturated heterocycles. The van der Waals surface area contributed by atoms with E-state index in [4.69, 9.17) is 4.42 Å². The van der Waals surface area contributed by atoms with Crippen molar-refractivity contribution in [3.8, 4) is 11.3 Å². The van der Waals surface area contributed by atoms with Crippen molar-refractivity contribution in [3.63, 3.8) is 0 Å². The lowest BCUT2D eigenvalue weighted by atomic mass is 10.1. The van der Waals surface area contributed by atoms with E-state index < -0.39 is 11.8 Å². The number of rotatable bonds is 11. The van der Waals surface area contributed by atoms with E-state index in [1.165, 1.54) is 24.8 Å². The summed E-state index contributed by atoms with van der Waals surface area (Å²) in [5.41, 5.74) is 2.94. The number of anilines is 2. The van der Waals surface area contributed by atoms with Gasteiger partial charge >= 0.3 is 0 Å². The van der Waals surface area contributed by atoms with Gasteiger partial charge in [0, 0.05) is 43.5 Å². The van der Waals surface area contributed by atoms with Gasteiger partial charge in [-0.3, -0.25) is 19.2 Å². The fourth-order valence-electron chi connectivity index (χ4n) is 4.25. The largest absolute Gasteiger partial charge is 0.457 e. The Bertz CT molecular complexity index is 1890. The summed E-state index contributed by atoms with van der Waals surface area (Å²) < 4.78 is 6.91. The fourth-order valence-corrected chi connectivity index (χ4v) is 5.21. The van der Waals surface area contributed by atoms with E-state index in [1.54, 1.807) is 91.0 Å². The van der Waals surface area contributed by atoms with Gasteiger partial charge in [-0.05, 0) is 91.9 Å². The molecule has 8 nitrogen and oxygen atoms in total. The summed E-state index contributed by atoms with van der Waals surface area (Å²) in [6.45, 7) is 1.49. The summed E-state index contributed by atoms with van der Waals surface area (Å²) in [6, 6.07) is 33.5. The maximum atomic E-state index is 13.4. The average molecular weight is 695 g/mol. The van der Waals surface area contributed by atoms with E-state index in [0.717, 1.165) is 14.9 Å². The van der Waals surface area contributed by atoms with Crippen LogP contribution < -0.4 is 16.0 Å². The minimum atomic E-state index is -0.540. The van der Waals surface area contributed by atoms with Gasteiger partial charge < -0.3 is 20.4 Å². The zero-order chi connectivity index (χ0) is 32.5. The molecule has 0 aliphatic carbocycles. The molecule has 3 amide bonds. The Labute approximate surface area is 278 Å². The number of furan rings is 1. The molecular formula is C36H28BrN3O5S. The quantitative estimate of drug-likeness (QED) is 0.0732. The Kier molecular flexibility index (Phi) is 10.6. The molecule has 0 atom stereocenters. The van der Waals surface area contributed by atoms with Crippen molar-refractivity contribution in [2.45, 2.75) is 11.8 Å². The molecule has 4 aromatic carbocycles. The van der Waals surface area contributed by atoms with E-state index in [2.05, 4.69) is 31.9 Å². The molecule has 0 saturated carbocycles. The smallest absolute Gasteiger partial charge is 0.272 e. The summed E-state index contributed by atoms with van der Waals surface area (Å²) in [7, 11) is 0. The molecule has 0 radical (unpaired) electrons. The second-order valence-corrected chi connectivity index (χ2v) is 12.0. The van der Waals surface area contributed by atoms with Crippen LogP contribution in [0.4, 0.5) is 11.4 Å². The maximum absolute atomic E-state index is 13.4. The molecule has 5 rings (SSSR count). The number of hydrogen-bond donors (Lipinski definition) is 3. The van der Waals surface area contributed by atoms with E-state index in [1.807, 2.05) is 24.3 Å². The highest BCUT2D eigenvalue weighted by Gasteiger charge is 2.17. The first-order valence-corrected chi connectivity index (χ1v) is 15.9. The van der Waals surface area contributed by atoms with Crippen molar-refractivity contribution in [2.75, 3.05) is 16.4 Å². The van der Waals surface area contributed by atoms with Gasteiger partial charge in [-0.2, -0.15) is 0 Å². The minimum Gasteiger partial charge on any atom is -0.457 e. The number of carbonyl (C=O) groups excluding carboxylic acids is 4. The highest BCUT2D eigenvalue weighted by molar-refractivity contribution is 9.10. The summed E-state index contributed by atoms with van der Waals surface area (Å²) in [6.07, 6.45) is 1.48. The van der Waals surface area contributed by atoms with Gasteiger partial charge in [0.25, 0.3) is 11.8 Å². The second kappa shape index (κ2) is 15.2. The molecule has 0 aliphatic rings. The van der Waals surface area contributed by atoms with E-state index >= 15 is 0 Å². The molecule has 0 spiro atoms.